The lowest BCUT2D eigenvalue weighted by molar-refractivity contribution is -0.137. The highest BCUT2D eigenvalue weighted by Gasteiger charge is 2.13. The summed E-state index contributed by atoms with van der Waals surface area (Å²) in [7, 11) is 0. The van der Waals surface area contributed by atoms with Crippen molar-refractivity contribution >= 4 is 32.9 Å². The van der Waals surface area contributed by atoms with Gasteiger partial charge < -0.3 is 9.67 Å². The van der Waals surface area contributed by atoms with E-state index in [1.807, 2.05) is 53.1 Å². The second-order valence-electron chi connectivity index (χ2n) is 4.73. The largest absolute Gasteiger partial charge is 0.481 e. The van der Waals surface area contributed by atoms with Crippen LogP contribution >= 0.6 is 15.9 Å². The van der Waals surface area contributed by atoms with E-state index < -0.39 is 5.97 Å². The molecule has 0 saturated heterocycles. The predicted octanol–water partition coefficient (Wildman–Crippen LogP) is 3.94. The molecule has 3 aromatic rings. The Morgan fingerprint density at radius 3 is 2.76 bits per heavy atom. The zero-order chi connectivity index (χ0) is 14.8. The van der Waals surface area contributed by atoms with Crippen molar-refractivity contribution in [2.75, 3.05) is 0 Å². The molecule has 0 saturated carbocycles. The maximum absolute atomic E-state index is 10.9. The molecule has 21 heavy (non-hydrogen) atoms. The van der Waals surface area contributed by atoms with Crippen LogP contribution in [0.15, 0.2) is 53.0 Å². The van der Waals surface area contributed by atoms with Gasteiger partial charge in [0, 0.05) is 16.6 Å². The van der Waals surface area contributed by atoms with E-state index >= 15 is 0 Å². The third-order valence-electron chi connectivity index (χ3n) is 3.29. The minimum absolute atomic E-state index is 0.0708. The van der Waals surface area contributed by atoms with Gasteiger partial charge in [-0.3, -0.25) is 4.79 Å². The second-order valence-corrected chi connectivity index (χ2v) is 5.65. The molecule has 0 spiro atoms. The number of rotatable bonds is 4. The number of nitrogens with zero attached hydrogens (tertiary/aromatic N) is 2. The Kier molecular flexibility index (Phi) is 3.75. The van der Waals surface area contributed by atoms with Crippen molar-refractivity contribution in [3.05, 3.63) is 53.0 Å². The average Bonchev–Trinajstić information content (AvgIpc) is 2.84. The maximum atomic E-state index is 10.9. The lowest BCUT2D eigenvalue weighted by Gasteiger charge is -2.08. The second kappa shape index (κ2) is 5.69. The van der Waals surface area contributed by atoms with Crippen molar-refractivity contribution < 1.29 is 9.90 Å². The van der Waals surface area contributed by atoms with Crippen LogP contribution in [0.3, 0.4) is 0 Å². The number of carboxylic acids is 1. The van der Waals surface area contributed by atoms with E-state index in [9.17, 15) is 4.79 Å². The summed E-state index contributed by atoms with van der Waals surface area (Å²) >= 11 is 3.46. The molecule has 0 bridgehead atoms. The summed E-state index contributed by atoms with van der Waals surface area (Å²) in [6.45, 7) is 0.400. The zero-order valence-corrected chi connectivity index (χ0v) is 12.7. The Balaban J connectivity index is 2.16. The van der Waals surface area contributed by atoms with Gasteiger partial charge in [0.05, 0.1) is 17.5 Å². The van der Waals surface area contributed by atoms with Gasteiger partial charge in [-0.05, 0) is 24.3 Å². The van der Waals surface area contributed by atoms with Gasteiger partial charge in [0.2, 0.25) is 0 Å². The highest BCUT2D eigenvalue weighted by atomic mass is 79.9. The normalized spacial score (nSPS) is 10.9. The van der Waals surface area contributed by atoms with E-state index in [2.05, 4.69) is 20.9 Å². The van der Waals surface area contributed by atoms with E-state index in [1.54, 1.807) is 0 Å². The molecule has 1 N–H and O–H groups in total. The molecule has 2 aromatic carbocycles. The number of carbonyl (C=O) groups is 1. The van der Waals surface area contributed by atoms with Crippen molar-refractivity contribution in [1.29, 1.82) is 0 Å². The number of benzene rings is 2. The fourth-order valence-corrected chi connectivity index (χ4v) is 2.76. The SMILES string of the molecule is O=C(O)CCn1c(-c2cccc(Br)c2)nc2ccccc21. The Bertz CT molecular complexity index is 811. The number of aryl methyl sites for hydroxylation is 1. The van der Waals surface area contributed by atoms with Crippen LogP contribution in [0.25, 0.3) is 22.4 Å². The smallest absolute Gasteiger partial charge is 0.305 e. The maximum Gasteiger partial charge on any atom is 0.305 e. The highest BCUT2D eigenvalue weighted by Crippen LogP contribution is 2.27. The minimum Gasteiger partial charge on any atom is -0.481 e. The summed E-state index contributed by atoms with van der Waals surface area (Å²) in [5, 5.41) is 8.95. The number of imidazole rings is 1. The summed E-state index contributed by atoms with van der Waals surface area (Å²) < 4.78 is 2.93. The quantitative estimate of drug-likeness (QED) is 0.779. The number of halogens is 1. The number of para-hydroxylation sites is 2. The first-order valence-electron chi connectivity index (χ1n) is 6.58. The summed E-state index contributed by atoms with van der Waals surface area (Å²) in [4.78, 5) is 15.5. The van der Waals surface area contributed by atoms with E-state index in [4.69, 9.17) is 5.11 Å². The van der Waals surface area contributed by atoms with Crippen molar-refractivity contribution in [1.82, 2.24) is 9.55 Å². The van der Waals surface area contributed by atoms with Gasteiger partial charge in [-0.2, -0.15) is 0 Å². The van der Waals surface area contributed by atoms with Crippen molar-refractivity contribution in [2.45, 2.75) is 13.0 Å². The van der Waals surface area contributed by atoms with Crippen LogP contribution in [0, 0.1) is 0 Å². The fraction of sp³-hybridized carbons (Fsp3) is 0.125. The summed E-state index contributed by atoms with van der Waals surface area (Å²) in [5.41, 5.74) is 2.79. The van der Waals surface area contributed by atoms with Crippen LogP contribution in [-0.2, 0) is 11.3 Å². The molecule has 3 rings (SSSR count). The number of aromatic nitrogens is 2. The minimum atomic E-state index is -0.812. The van der Waals surface area contributed by atoms with Gasteiger partial charge in [-0.25, -0.2) is 4.98 Å². The highest BCUT2D eigenvalue weighted by molar-refractivity contribution is 9.10. The molecule has 4 nitrogen and oxygen atoms in total. The van der Waals surface area contributed by atoms with Gasteiger partial charge in [-0.1, -0.05) is 40.2 Å². The molecule has 0 atom stereocenters. The zero-order valence-electron chi connectivity index (χ0n) is 11.2. The van der Waals surface area contributed by atoms with E-state index in [0.717, 1.165) is 26.9 Å². The molecule has 0 unspecified atom stereocenters. The van der Waals surface area contributed by atoms with Gasteiger partial charge in [0.15, 0.2) is 0 Å². The standard InChI is InChI=1S/C16H13BrN2O2/c17-12-5-3-4-11(10-12)16-18-13-6-1-2-7-14(13)19(16)9-8-15(20)21/h1-7,10H,8-9H2,(H,20,21). The van der Waals surface area contributed by atoms with Gasteiger partial charge in [0.1, 0.15) is 5.82 Å². The van der Waals surface area contributed by atoms with E-state index in [-0.39, 0.29) is 6.42 Å². The first-order chi connectivity index (χ1) is 10.1. The van der Waals surface area contributed by atoms with Crippen LogP contribution in [0.4, 0.5) is 0 Å². The molecule has 106 valence electrons. The van der Waals surface area contributed by atoms with Gasteiger partial charge in [0.25, 0.3) is 0 Å². The molecule has 0 fully saturated rings. The Labute approximate surface area is 130 Å². The Morgan fingerprint density at radius 2 is 2.00 bits per heavy atom. The van der Waals surface area contributed by atoms with Crippen LogP contribution in [0.5, 0.6) is 0 Å². The molecular weight excluding hydrogens is 332 g/mol. The summed E-state index contributed by atoms with van der Waals surface area (Å²) in [5.74, 6) is -0.0216. The van der Waals surface area contributed by atoms with Crippen molar-refractivity contribution in [3.63, 3.8) is 0 Å². The third-order valence-corrected chi connectivity index (χ3v) is 3.78. The number of carboxylic acid groups (broad SMARTS) is 1. The predicted molar refractivity (Wildman–Crippen MR) is 85.1 cm³/mol. The van der Waals surface area contributed by atoms with Crippen LogP contribution in [0.2, 0.25) is 0 Å². The molecular formula is C16H13BrN2O2. The van der Waals surface area contributed by atoms with Crippen LogP contribution in [0.1, 0.15) is 6.42 Å². The lowest BCUT2D eigenvalue weighted by Crippen LogP contribution is -2.06. The molecule has 5 heteroatoms. The first kappa shape index (κ1) is 13.8. The van der Waals surface area contributed by atoms with E-state index in [1.165, 1.54) is 0 Å². The van der Waals surface area contributed by atoms with Crippen LogP contribution < -0.4 is 0 Å². The topological polar surface area (TPSA) is 55.1 Å². The molecule has 0 radical (unpaired) electrons. The first-order valence-corrected chi connectivity index (χ1v) is 7.37. The molecule has 0 aliphatic rings. The number of hydrogen-bond donors (Lipinski definition) is 1. The van der Waals surface area contributed by atoms with Gasteiger partial charge in [-0.15, -0.1) is 0 Å². The monoisotopic (exact) mass is 344 g/mol. The molecule has 1 heterocycles. The number of aliphatic carboxylic acids is 1. The van der Waals surface area contributed by atoms with E-state index in [0.29, 0.717) is 6.54 Å². The van der Waals surface area contributed by atoms with Crippen LogP contribution in [-0.4, -0.2) is 20.6 Å². The molecule has 0 aliphatic carbocycles. The molecule has 0 aliphatic heterocycles. The Hall–Kier alpha value is -2.14. The number of fused-ring (bicyclic) bond motifs is 1. The van der Waals surface area contributed by atoms with Crippen molar-refractivity contribution in [3.8, 4) is 11.4 Å². The lowest BCUT2D eigenvalue weighted by atomic mass is 10.2. The summed E-state index contributed by atoms with van der Waals surface area (Å²) in [6, 6.07) is 15.6. The number of hydrogen-bond acceptors (Lipinski definition) is 2. The fourth-order valence-electron chi connectivity index (χ4n) is 2.36. The molecule has 1 aromatic heterocycles. The van der Waals surface area contributed by atoms with Gasteiger partial charge >= 0.3 is 5.97 Å². The third kappa shape index (κ3) is 2.83. The molecule has 0 amide bonds. The van der Waals surface area contributed by atoms with Crippen molar-refractivity contribution in [2.24, 2.45) is 0 Å². The summed E-state index contributed by atoms with van der Waals surface area (Å²) in [6.07, 6.45) is 0.0708. The Morgan fingerprint density at radius 1 is 1.19 bits per heavy atom. The average molecular weight is 345 g/mol.